The maximum Gasteiger partial charge on any atom is 0.123 e. The minimum Gasteiger partial charge on any atom is -0.326 e. The van der Waals surface area contributed by atoms with Gasteiger partial charge in [0, 0.05) is 12.1 Å². The summed E-state index contributed by atoms with van der Waals surface area (Å²) >= 11 is 0. The Morgan fingerprint density at radius 3 is 2.33 bits per heavy atom. The summed E-state index contributed by atoms with van der Waals surface area (Å²) in [4.78, 5) is 2.28. The van der Waals surface area contributed by atoms with Crippen LogP contribution in [0, 0.1) is 5.82 Å². The molecule has 0 aliphatic carbocycles. The zero-order valence-corrected chi connectivity index (χ0v) is 11.7. The molecule has 0 spiro atoms. The second kappa shape index (κ2) is 7.49. The van der Waals surface area contributed by atoms with Crippen LogP contribution in [0.2, 0.25) is 0 Å². The van der Waals surface area contributed by atoms with Gasteiger partial charge in [-0.25, -0.2) is 4.39 Å². The molecule has 0 aliphatic heterocycles. The number of likely N-dealkylation sites (N-methyl/N-ethyl adjacent to an activating group) is 1. The molecule has 0 saturated carbocycles. The Morgan fingerprint density at radius 1 is 1.22 bits per heavy atom. The third kappa shape index (κ3) is 4.07. The summed E-state index contributed by atoms with van der Waals surface area (Å²) < 4.78 is 13.0. The van der Waals surface area contributed by atoms with Crippen LogP contribution in [0.25, 0.3) is 0 Å². The highest BCUT2D eigenvalue weighted by Crippen LogP contribution is 2.24. The van der Waals surface area contributed by atoms with Gasteiger partial charge in [-0.05, 0) is 44.1 Å². The molecule has 1 rings (SSSR count). The van der Waals surface area contributed by atoms with Gasteiger partial charge in [-0.1, -0.05) is 32.4 Å². The van der Waals surface area contributed by atoms with Crippen LogP contribution in [0.3, 0.4) is 0 Å². The van der Waals surface area contributed by atoms with Crippen LogP contribution in [0.5, 0.6) is 0 Å². The lowest BCUT2D eigenvalue weighted by Crippen LogP contribution is -2.39. The zero-order chi connectivity index (χ0) is 13.5. The maximum atomic E-state index is 13.0. The molecular formula is C15H25FN2. The van der Waals surface area contributed by atoms with Gasteiger partial charge in [-0.15, -0.1) is 0 Å². The number of hydrogen-bond donors (Lipinski definition) is 1. The fraction of sp³-hybridized carbons (Fsp3) is 0.600. The van der Waals surface area contributed by atoms with Gasteiger partial charge in [-0.3, -0.25) is 4.90 Å². The molecule has 0 aromatic heterocycles. The molecule has 0 amide bonds. The summed E-state index contributed by atoms with van der Waals surface area (Å²) in [6.45, 7) is 5.29. The van der Waals surface area contributed by atoms with E-state index in [4.69, 9.17) is 5.73 Å². The van der Waals surface area contributed by atoms with E-state index in [-0.39, 0.29) is 17.9 Å². The van der Waals surface area contributed by atoms with Crippen molar-refractivity contribution in [3.8, 4) is 0 Å². The summed E-state index contributed by atoms with van der Waals surface area (Å²) in [5.74, 6) is -0.196. The first-order chi connectivity index (χ1) is 8.60. The molecular weight excluding hydrogens is 227 g/mol. The molecule has 102 valence electrons. The van der Waals surface area contributed by atoms with Crippen LogP contribution in [0.1, 0.15) is 44.7 Å². The Kier molecular flexibility index (Phi) is 6.30. The highest BCUT2D eigenvalue weighted by molar-refractivity contribution is 5.21. The van der Waals surface area contributed by atoms with E-state index in [1.165, 1.54) is 18.6 Å². The standard InChI is InChI=1S/C15H25FN2/c1-4-6-11-18(3)15(14(17)5-2)12-7-9-13(16)10-8-12/h7-10,14-15H,4-6,11,17H2,1-3H3. The van der Waals surface area contributed by atoms with Crippen LogP contribution in [0.4, 0.5) is 4.39 Å². The second-order valence-electron chi connectivity index (χ2n) is 4.90. The van der Waals surface area contributed by atoms with Crippen molar-refractivity contribution in [1.29, 1.82) is 0 Å². The lowest BCUT2D eigenvalue weighted by Gasteiger charge is -2.32. The summed E-state index contributed by atoms with van der Waals surface area (Å²) in [6, 6.07) is 6.96. The molecule has 1 aromatic carbocycles. The lowest BCUT2D eigenvalue weighted by molar-refractivity contribution is 0.207. The fourth-order valence-electron chi connectivity index (χ4n) is 2.26. The van der Waals surface area contributed by atoms with E-state index in [1.54, 1.807) is 0 Å². The smallest absolute Gasteiger partial charge is 0.123 e. The van der Waals surface area contributed by atoms with Gasteiger partial charge >= 0.3 is 0 Å². The molecule has 2 N–H and O–H groups in total. The van der Waals surface area contributed by atoms with Gasteiger partial charge in [0.1, 0.15) is 5.82 Å². The average molecular weight is 252 g/mol. The van der Waals surface area contributed by atoms with Gasteiger partial charge < -0.3 is 5.73 Å². The minimum absolute atomic E-state index is 0.0808. The number of rotatable bonds is 7. The molecule has 2 atom stereocenters. The van der Waals surface area contributed by atoms with Crippen LogP contribution in [0.15, 0.2) is 24.3 Å². The van der Waals surface area contributed by atoms with Gasteiger partial charge in [0.05, 0.1) is 0 Å². The first kappa shape index (κ1) is 15.1. The van der Waals surface area contributed by atoms with Gasteiger partial charge in [0.25, 0.3) is 0 Å². The first-order valence-corrected chi connectivity index (χ1v) is 6.81. The minimum atomic E-state index is -0.196. The highest BCUT2D eigenvalue weighted by atomic mass is 19.1. The summed E-state index contributed by atoms with van der Waals surface area (Å²) in [5.41, 5.74) is 7.33. The summed E-state index contributed by atoms with van der Waals surface area (Å²) in [7, 11) is 2.10. The van der Waals surface area contributed by atoms with E-state index in [2.05, 4.69) is 25.8 Å². The zero-order valence-electron chi connectivity index (χ0n) is 11.7. The molecule has 18 heavy (non-hydrogen) atoms. The lowest BCUT2D eigenvalue weighted by atomic mass is 9.96. The van der Waals surface area contributed by atoms with Crippen molar-refractivity contribution in [2.45, 2.75) is 45.2 Å². The quantitative estimate of drug-likeness (QED) is 0.806. The topological polar surface area (TPSA) is 29.3 Å². The Balaban J connectivity index is 2.86. The average Bonchev–Trinajstić information content (AvgIpc) is 2.38. The SMILES string of the molecule is CCCCN(C)C(c1ccc(F)cc1)C(N)CC. The number of hydrogen-bond acceptors (Lipinski definition) is 2. The van der Waals surface area contributed by atoms with Crippen molar-refractivity contribution in [3.63, 3.8) is 0 Å². The molecule has 0 bridgehead atoms. The molecule has 0 saturated heterocycles. The van der Waals surface area contributed by atoms with Crippen LogP contribution < -0.4 is 5.73 Å². The number of nitrogens with zero attached hydrogens (tertiary/aromatic N) is 1. The van der Waals surface area contributed by atoms with E-state index in [1.807, 2.05) is 12.1 Å². The molecule has 0 aliphatic rings. The molecule has 2 unspecified atom stereocenters. The van der Waals surface area contributed by atoms with E-state index >= 15 is 0 Å². The largest absolute Gasteiger partial charge is 0.326 e. The number of nitrogens with two attached hydrogens (primary N) is 1. The van der Waals surface area contributed by atoms with Crippen molar-refractivity contribution >= 4 is 0 Å². The van der Waals surface area contributed by atoms with E-state index < -0.39 is 0 Å². The Labute approximate surface area is 110 Å². The van der Waals surface area contributed by atoms with Crippen molar-refractivity contribution < 1.29 is 4.39 Å². The third-order valence-electron chi connectivity index (χ3n) is 3.43. The van der Waals surface area contributed by atoms with Crippen LogP contribution in [-0.2, 0) is 0 Å². The molecule has 0 heterocycles. The summed E-state index contributed by atoms with van der Waals surface area (Å²) in [5, 5.41) is 0. The molecule has 3 heteroatoms. The Morgan fingerprint density at radius 2 is 1.83 bits per heavy atom. The van der Waals surface area contributed by atoms with E-state index in [0.29, 0.717) is 0 Å². The van der Waals surface area contributed by atoms with Crippen molar-refractivity contribution in [1.82, 2.24) is 4.90 Å². The Hall–Kier alpha value is -0.930. The summed E-state index contributed by atoms with van der Waals surface area (Å²) in [6.07, 6.45) is 3.24. The molecule has 0 radical (unpaired) electrons. The molecule has 0 fully saturated rings. The first-order valence-electron chi connectivity index (χ1n) is 6.81. The predicted molar refractivity (Wildman–Crippen MR) is 74.9 cm³/mol. The highest BCUT2D eigenvalue weighted by Gasteiger charge is 2.22. The second-order valence-corrected chi connectivity index (χ2v) is 4.90. The fourth-order valence-corrected chi connectivity index (χ4v) is 2.26. The molecule has 2 nitrogen and oxygen atoms in total. The number of unbranched alkanes of at least 4 members (excludes halogenated alkanes) is 1. The van der Waals surface area contributed by atoms with Crippen molar-refractivity contribution in [2.24, 2.45) is 5.73 Å². The van der Waals surface area contributed by atoms with Crippen LogP contribution in [-0.4, -0.2) is 24.5 Å². The predicted octanol–water partition coefficient (Wildman–Crippen LogP) is 3.34. The van der Waals surface area contributed by atoms with Crippen molar-refractivity contribution in [2.75, 3.05) is 13.6 Å². The normalized spacial score (nSPS) is 14.8. The van der Waals surface area contributed by atoms with Gasteiger partial charge in [0.15, 0.2) is 0 Å². The maximum absolute atomic E-state index is 13.0. The molecule has 1 aromatic rings. The van der Waals surface area contributed by atoms with Gasteiger partial charge in [-0.2, -0.15) is 0 Å². The Bertz CT molecular complexity index is 337. The van der Waals surface area contributed by atoms with Crippen molar-refractivity contribution in [3.05, 3.63) is 35.6 Å². The number of benzene rings is 1. The van der Waals surface area contributed by atoms with Crippen LogP contribution >= 0.6 is 0 Å². The van der Waals surface area contributed by atoms with E-state index in [0.717, 1.165) is 24.9 Å². The number of halogens is 1. The third-order valence-corrected chi connectivity index (χ3v) is 3.43. The van der Waals surface area contributed by atoms with E-state index in [9.17, 15) is 4.39 Å². The monoisotopic (exact) mass is 252 g/mol. The van der Waals surface area contributed by atoms with Gasteiger partial charge in [0.2, 0.25) is 0 Å².